The van der Waals surface area contributed by atoms with Gasteiger partial charge in [0.25, 0.3) is 5.69 Å². The van der Waals surface area contributed by atoms with Gasteiger partial charge >= 0.3 is 0 Å². The van der Waals surface area contributed by atoms with E-state index in [1.807, 2.05) is 6.92 Å². The van der Waals surface area contributed by atoms with Crippen molar-refractivity contribution in [3.8, 4) is 6.07 Å². The molecule has 2 aromatic rings. The van der Waals surface area contributed by atoms with Gasteiger partial charge in [-0.15, -0.1) is 0 Å². The number of sulfone groups is 1. The van der Waals surface area contributed by atoms with Gasteiger partial charge in [-0.1, -0.05) is 29.8 Å². The Morgan fingerprint density at radius 3 is 2.43 bits per heavy atom. The number of allylic oxidation sites excluding steroid dienone is 1. The summed E-state index contributed by atoms with van der Waals surface area (Å²) in [4.78, 5) is 9.71. The summed E-state index contributed by atoms with van der Waals surface area (Å²) >= 11 is 0. The molecule has 0 spiro atoms. The normalized spacial score (nSPS) is 11.7. The van der Waals surface area contributed by atoms with Crippen LogP contribution in [0.25, 0.3) is 6.08 Å². The second kappa shape index (κ2) is 6.42. The van der Waals surface area contributed by atoms with Gasteiger partial charge in [0.05, 0.1) is 9.82 Å². The fourth-order valence-corrected chi connectivity index (χ4v) is 3.05. The highest BCUT2D eigenvalue weighted by Gasteiger charge is 2.20. The van der Waals surface area contributed by atoms with Gasteiger partial charge in [0.1, 0.15) is 11.0 Å². The highest BCUT2D eigenvalue weighted by Crippen LogP contribution is 2.23. The van der Waals surface area contributed by atoms with Crippen LogP contribution in [0.1, 0.15) is 11.1 Å². The number of benzene rings is 2. The molecule has 0 saturated heterocycles. The van der Waals surface area contributed by atoms with E-state index in [1.54, 1.807) is 18.2 Å². The van der Waals surface area contributed by atoms with Gasteiger partial charge < -0.3 is 0 Å². The lowest BCUT2D eigenvalue weighted by molar-refractivity contribution is -0.384. The Bertz CT molecular complexity index is 923. The molecule has 0 aliphatic rings. The lowest BCUT2D eigenvalue weighted by atomic mass is 10.2. The van der Waals surface area contributed by atoms with Crippen LogP contribution in [0.3, 0.4) is 0 Å². The van der Waals surface area contributed by atoms with E-state index in [9.17, 15) is 23.8 Å². The molecule has 2 rings (SSSR count). The number of nitriles is 1. The summed E-state index contributed by atoms with van der Waals surface area (Å²) in [6.07, 6.45) is 1.13. The molecule has 0 amide bonds. The summed E-state index contributed by atoms with van der Waals surface area (Å²) in [6.45, 7) is 1.82. The number of nitrogens with zero attached hydrogens (tertiary/aromatic N) is 2. The van der Waals surface area contributed by atoms with Crippen LogP contribution in [0.4, 0.5) is 5.69 Å². The third kappa shape index (κ3) is 3.62. The van der Waals surface area contributed by atoms with Crippen molar-refractivity contribution in [3.63, 3.8) is 0 Å². The standard InChI is InChI=1S/C16H12N2O4S/c1-12-5-7-15(8-6-12)23(21,22)16(11-17)10-13-3-2-4-14(9-13)18(19)20/h2-10H,1H3/b16-10+. The van der Waals surface area contributed by atoms with Crippen LogP contribution in [0, 0.1) is 28.4 Å². The quantitative estimate of drug-likeness (QED) is 0.487. The number of nitro groups is 1. The fourth-order valence-electron chi connectivity index (χ4n) is 1.89. The molecule has 6 nitrogen and oxygen atoms in total. The van der Waals surface area contributed by atoms with Crippen LogP contribution in [0.2, 0.25) is 0 Å². The molecule has 0 radical (unpaired) electrons. The zero-order chi connectivity index (χ0) is 17.0. The Kier molecular flexibility index (Phi) is 4.57. The molecule has 0 aromatic heterocycles. The maximum Gasteiger partial charge on any atom is 0.270 e. The molecule has 0 bridgehead atoms. The highest BCUT2D eigenvalue weighted by atomic mass is 32.2. The van der Waals surface area contributed by atoms with E-state index in [1.165, 1.54) is 36.4 Å². The summed E-state index contributed by atoms with van der Waals surface area (Å²) in [6, 6.07) is 13.2. The van der Waals surface area contributed by atoms with Crippen LogP contribution in [-0.2, 0) is 9.84 Å². The third-order valence-corrected chi connectivity index (χ3v) is 4.79. The van der Waals surface area contributed by atoms with Crippen molar-refractivity contribution in [1.29, 1.82) is 5.26 Å². The van der Waals surface area contributed by atoms with Gasteiger partial charge in [-0.25, -0.2) is 8.42 Å². The molecular weight excluding hydrogens is 316 g/mol. The maximum atomic E-state index is 12.5. The summed E-state index contributed by atoms with van der Waals surface area (Å²) < 4.78 is 24.9. The summed E-state index contributed by atoms with van der Waals surface area (Å²) in [5.74, 6) is 0. The SMILES string of the molecule is Cc1ccc(S(=O)(=O)/C(C#N)=C/c2cccc([N+](=O)[O-])c2)cc1. The molecule has 0 aliphatic heterocycles. The van der Waals surface area contributed by atoms with E-state index in [0.29, 0.717) is 0 Å². The van der Waals surface area contributed by atoms with Crippen molar-refractivity contribution in [2.75, 3.05) is 0 Å². The first-order valence-corrected chi connectivity index (χ1v) is 8.01. The number of hydrogen-bond acceptors (Lipinski definition) is 5. The molecular formula is C16H12N2O4S. The molecule has 2 aromatic carbocycles. The van der Waals surface area contributed by atoms with Gasteiger partial charge in [-0.3, -0.25) is 10.1 Å². The predicted octanol–water partition coefficient (Wildman–Crippen LogP) is 3.24. The van der Waals surface area contributed by atoms with Crippen molar-refractivity contribution in [2.45, 2.75) is 11.8 Å². The Hall–Kier alpha value is -2.98. The smallest absolute Gasteiger partial charge is 0.258 e. The maximum absolute atomic E-state index is 12.5. The Morgan fingerprint density at radius 2 is 1.87 bits per heavy atom. The van der Waals surface area contributed by atoms with Gasteiger partial charge in [0, 0.05) is 12.1 Å². The predicted molar refractivity (Wildman–Crippen MR) is 85.1 cm³/mol. The molecule has 0 fully saturated rings. The molecule has 0 N–H and O–H groups in total. The molecule has 0 unspecified atom stereocenters. The van der Waals surface area contributed by atoms with Gasteiger partial charge in [0.15, 0.2) is 0 Å². The average Bonchev–Trinajstić information content (AvgIpc) is 2.53. The zero-order valence-electron chi connectivity index (χ0n) is 12.1. The second-order valence-electron chi connectivity index (χ2n) is 4.79. The van der Waals surface area contributed by atoms with Crippen LogP contribution in [0.5, 0.6) is 0 Å². The molecule has 0 atom stereocenters. The minimum Gasteiger partial charge on any atom is -0.258 e. The molecule has 7 heteroatoms. The highest BCUT2D eigenvalue weighted by molar-refractivity contribution is 7.95. The van der Waals surface area contributed by atoms with E-state index in [-0.39, 0.29) is 16.1 Å². The molecule has 116 valence electrons. The van der Waals surface area contributed by atoms with Gasteiger partial charge in [-0.05, 0) is 30.7 Å². The van der Waals surface area contributed by atoms with Crippen LogP contribution in [0.15, 0.2) is 58.3 Å². The van der Waals surface area contributed by atoms with Crippen molar-refractivity contribution in [1.82, 2.24) is 0 Å². The molecule has 23 heavy (non-hydrogen) atoms. The summed E-state index contributed by atoms with van der Waals surface area (Å²) in [7, 11) is -3.97. The van der Waals surface area contributed by atoms with Crippen LogP contribution in [-0.4, -0.2) is 13.3 Å². The number of nitro benzene ring substituents is 1. The lowest BCUT2D eigenvalue weighted by Crippen LogP contribution is -2.03. The van der Waals surface area contributed by atoms with Crippen LogP contribution < -0.4 is 0 Å². The Labute approximate surface area is 133 Å². The third-order valence-electron chi connectivity index (χ3n) is 3.11. The Balaban J connectivity index is 2.50. The van der Waals surface area contributed by atoms with Crippen LogP contribution >= 0.6 is 0 Å². The Morgan fingerprint density at radius 1 is 1.22 bits per heavy atom. The average molecular weight is 328 g/mol. The number of hydrogen-bond donors (Lipinski definition) is 0. The number of aryl methyl sites for hydroxylation is 1. The molecule has 0 aliphatic carbocycles. The van der Waals surface area contributed by atoms with Gasteiger partial charge in [-0.2, -0.15) is 5.26 Å². The largest absolute Gasteiger partial charge is 0.270 e. The van der Waals surface area contributed by atoms with E-state index in [0.717, 1.165) is 11.6 Å². The fraction of sp³-hybridized carbons (Fsp3) is 0.0625. The minimum absolute atomic E-state index is 0.00123. The monoisotopic (exact) mass is 328 g/mol. The number of rotatable bonds is 4. The topological polar surface area (TPSA) is 101 Å². The zero-order valence-corrected chi connectivity index (χ0v) is 12.9. The van der Waals surface area contributed by atoms with E-state index in [4.69, 9.17) is 0 Å². The minimum atomic E-state index is -3.97. The van der Waals surface area contributed by atoms with E-state index >= 15 is 0 Å². The molecule has 0 saturated carbocycles. The first-order chi connectivity index (χ1) is 10.8. The second-order valence-corrected chi connectivity index (χ2v) is 6.71. The molecule has 0 heterocycles. The first kappa shape index (κ1) is 16.4. The summed E-state index contributed by atoms with van der Waals surface area (Å²) in [5.41, 5.74) is 0.986. The lowest BCUT2D eigenvalue weighted by Gasteiger charge is -2.04. The van der Waals surface area contributed by atoms with Gasteiger partial charge in [0.2, 0.25) is 9.84 Å². The first-order valence-electron chi connectivity index (χ1n) is 6.52. The summed E-state index contributed by atoms with van der Waals surface area (Å²) in [5, 5.41) is 19.9. The van der Waals surface area contributed by atoms with Crippen molar-refractivity contribution in [3.05, 3.63) is 74.7 Å². The van der Waals surface area contributed by atoms with Crippen molar-refractivity contribution in [2.24, 2.45) is 0 Å². The van der Waals surface area contributed by atoms with E-state index in [2.05, 4.69) is 0 Å². The van der Waals surface area contributed by atoms with E-state index < -0.39 is 19.7 Å². The van der Waals surface area contributed by atoms with Crippen molar-refractivity contribution < 1.29 is 13.3 Å². The number of non-ortho nitro benzene ring substituents is 1. The van der Waals surface area contributed by atoms with Crippen molar-refractivity contribution >= 4 is 21.6 Å².